The first-order chi connectivity index (χ1) is 10.8. The number of hydrogen-bond acceptors (Lipinski definition) is 5. The molecule has 0 bridgehead atoms. The third-order valence-corrected chi connectivity index (χ3v) is 4.19. The van der Waals surface area contributed by atoms with Gasteiger partial charge in [-0.25, -0.2) is 14.8 Å². The smallest absolute Gasteiger partial charge is 0.356 e. The average Bonchev–Trinajstić information content (AvgIpc) is 2.82. The van der Waals surface area contributed by atoms with Gasteiger partial charge in [0.1, 0.15) is 11.2 Å². The van der Waals surface area contributed by atoms with Gasteiger partial charge in [-0.2, -0.15) is 4.99 Å². The van der Waals surface area contributed by atoms with Crippen molar-refractivity contribution >= 4 is 28.7 Å². The monoisotopic (exact) mass is 312 g/mol. The molecule has 23 heavy (non-hydrogen) atoms. The molecule has 0 aliphatic carbocycles. The summed E-state index contributed by atoms with van der Waals surface area (Å²) in [7, 11) is 0. The van der Waals surface area contributed by atoms with Crippen LogP contribution in [-0.4, -0.2) is 38.3 Å². The third-order valence-electron chi connectivity index (χ3n) is 4.19. The molecule has 0 saturated carbocycles. The van der Waals surface area contributed by atoms with Gasteiger partial charge in [-0.3, -0.25) is 4.79 Å². The Morgan fingerprint density at radius 3 is 2.35 bits per heavy atom. The van der Waals surface area contributed by atoms with Crippen LogP contribution in [0.2, 0.25) is 0 Å². The normalized spacial score (nSPS) is 20.7. The maximum Gasteiger partial charge on any atom is 0.356 e. The van der Waals surface area contributed by atoms with Crippen molar-refractivity contribution in [2.75, 3.05) is 0 Å². The van der Waals surface area contributed by atoms with Crippen molar-refractivity contribution < 1.29 is 14.7 Å². The highest BCUT2D eigenvalue weighted by Crippen LogP contribution is 2.25. The minimum Gasteiger partial charge on any atom is -0.476 e. The second kappa shape index (κ2) is 5.12. The summed E-state index contributed by atoms with van der Waals surface area (Å²) in [4.78, 5) is 36.2. The van der Waals surface area contributed by atoms with Gasteiger partial charge in [0, 0.05) is 0 Å². The molecule has 1 unspecified atom stereocenters. The fraction of sp³-hybridized carbons (Fsp3) is 0.312. The molecule has 2 aromatic rings. The van der Waals surface area contributed by atoms with Crippen LogP contribution < -0.4 is 5.32 Å². The first-order valence-electron chi connectivity index (χ1n) is 7.24. The second-order valence-corrected chi connectivity index (χ2v) is 5.96. The summed E-state index contributed by atoms with van der Waals surface area (Å²) < 4.78 is 0. The zero-order valence-corrected chi connectivity index (χ0v) is 13.0. The molecule has 1 aromatic heterocycles. The van der Waals surface area contributed by atoms with Crippen LogP contribution in [0.5, 0.6) is 0 Å². The van der Waals surface area contributed by atoms with Crippen LogP contribution in [0.1, 0.15) is 37.0 Å². The molecule has 2 N–H and O–H groups in total. The number of carboxylic acid groups (broad SMARTS) is 1. The number of aromatic nitrogens is 2. The highest BCUT2D eigenvalue weighted by atomic mass is 16.4. The first kappa shape index (κ1) is 15.1. The minimum absolute atomic E-state index is 0.0158. The molecule has 1 amide bonds. The standard InChI is InChI=1S/C16H16N4O3/c1-8(2)16(3)15(23)19-13(20-16)11-12(14(21)22)18-10-7-5-4-6-9(10)17-11/h4-8H,1-3H3,(H,21,22)(H,19,20,23). The number of nitrogens with one attached hydrogen (secondary N) is 1. The van der Waals surface area contributed by atoms with E-state index in [9.17, 15) is 14.7 Å². The summed E-state index contributed by atoms with van der Waals surface area (Å²) in [6.07, 6.45) is 0. The number of amidine groups is 1. The van der Waals surface area contributed by atoms with Crippen LogP contribution in [0.3, 0.4) is 0 Å². The topological polar surface area (TPSA) is 105 Å². The number of carbonyl (C=O) groups is 2. The van der Waals surface area contributed by atoms with Crippen LogP contribution in [0.4, 0.5) is 0 Å². The number of benzene rings is 1. The SMILES string of the molecule is CC(C)C1(C)NC(c2nc3ccccc3nc2C(=O)O)=NC1=O. The van der Waals surface area contributed by atoms with Crippen LogP contribution in [0, 0.1) is 5.92 Å². The van der Waals surface area contributed by atoms with Gasteiger partial charge in [0.2, 0.25) is 0 Å². The van der Waals surface area contributed by atoms with Crippen molar-refractivity contribution in [2.24, 2.45) is 10.9 Å². The fourth-order valence-electron chi connectivity index (χ4n) is 2.36. The molecule has 1 atom stereocenters. The van der Waals surface area contributed by atoms with Crippen molar-refractivity contribution in [3.63, 3.8) is 0 Å². The van der Waals surface area contributed by atoms with Crippen molar-refractivity contribution in [1.29, 1.82) is 0 Å². The van der Waals surface area contributed by atoms with E-state index in [2.05, 4.69) is 20.3 Å². The van der Waals surface area contributed by atoms with E-state index in [1.165, 1.54) is 0 Å². The maximum absolute atomic E-state index is 12.2. The molecule has 2 heterocycles. The first-order valence-corrected chi connectivity index (χ1v) is 7.24. The number of hydrogen-bond donors (Lipinski definition) is 2. The number of aliphatic imine (C=N–C) groups is 1. The number of amides is 1. The number of aromatic carboxylic acids is 1. The van der Waals surface area contributed by atoms with E-state index in [1.54, 1.807) is 31.2 Å². The van der Waals surface area contributed by atoms with Gasteiger partial charge in [0.25, 0.3) is 5.91 Å². The predicted molar refractivity (Wildman–Crippen MR) is 84.4 cm³/mol. The molecule has 0 spiro atoms. The number of carboxylic acids is 1. The number of nitrogens with zero attached hydrogens (tertiary/aromatic N) is 3. The van der Waals surface area contributed by atoms with Crippen LogP contribution in [0.25, 0.3) is 11.0 Å². The van der Waals surface area contributed by atoms with Crippen molar-refractivity contribution in [3.8, 4) is 0 Å². The average molecular weight is 312 g/mol. The molecule has 0 fully saturated rings. The van der Waals surface area contributed by atoms with Crippen LogP contribution in [-0.2, 0) is 4.79 Å². The summed E-state index contributed by atoms with van der Waals surface area (Å²) in [5.41, 5.74) is -0.00389. The van der Waals surface area contributed by atoms with E-state index < -0.39 is 11.5 Å². The molecule has 7 nitrogen and oxygen atoms in total. The fourth-order valence-corrected chi connectivity index (χ4v) is 2.36. The summed E-state index contributed by atoms with van der Waals surface area (Å²) in [5, 5.41) is 12.4. The molecule has 1 aliphatic heterocycles. The Hall–Kier alpha value is -2.83. The third kappa shape index (κ3) is 2.34. The molecule has 1 aromatic carbocycles. The van der Waals surface area contributed by atoms with Crippen molar-refractivity contribution in [1.82, 2.24) is 15.3 Å². The zero-order chi connectivity index (χ0) is 16.8. The quantitative estimate of drug-likeness (QED) is 0.892. The van der Waals surface area contributed by atoms with Gasteiger partial charge in [0.05, 0.1) is 11.0 Å². The molecular formula is C16H16N4O3. The lowest BCUT2D eigenvalue weighted by molar-refractivity contribution is -0.123. The summed E-state index contributed by atoms with van der Waals surface area (Å²) in [6, 6.07) is 6.96. The molecule has 0 radical (unpaired) electrons. The van der Waals surface area contributed by atoms with E-state index >= 15 is 0 Å². The van der Waals surface area contributed by atoms with E-state index in [0.717, 1.165) is 0 Å². The highest BCUT2D eigenvalue weighted by Gasteiger charge is 2.43. The number of para-hydroxylation sites is 2. The number of carbonyl (C=O) groups excluding carboxylic acids is 1. The molecule has 1 aliphatic rings. The molecule has 118 valence electrons. The Kier molecular flexibility index (Phi) is 3.35. The van der Waals surface area contributed by atoms with E-state index in [-0.39, 0.29) is 29.0 Å². The Morgan fingerprint density at radius 2 is 1.83 bits per heavy atom. The Balaban J connectivity index is 2.17. The lowest BCUT2D eigenvalue weighted by atomic mass is 9.88. The summed E-state index contributed by atoms with van der Waals surface area (Å²) in [5.74, 6) is -1.41. The molecule has 3 rings (SSSR count). The Labute approximate surface area is 132 Å². The van der Waals surface area contributed by atoms with Gasteiger partial charge in [0.15, 0.2) is 11.5 Å². The van der Waals surface area contributed by atoms with E-state index in [1.807, 2.05) is 13.8 Å². The van der Waals surface area contributed by atoms with E-state index in [0.29, 0.717) is 11.0 Å². The van der Waals surface area contributed by atoms with Gasteiger partial charge in [-0.1, -0.05) is 26.0 Å². The van der Waals surface area contributed by atoms with Crippen molar-refractivity contribution in [2.45, 2.75) is 26.3 Å². The van der Waals surface area contributed by atoms with E-state index in [4.69, 9.17) is 0 Å². The highest BCUT2D eigenvalue weighted by molar-refractivity contribution is 6.16. The number of rotatable bonds is 3. The summed E-state index contributed by atoms with van der Waals surface area (Å²) >= 11 is 0. The summed E-state index contributed by atoms with van der Waals surface area (Å²) in [6.45, 7) is 5.53. The number of fused-ring (bicyclic) bond motifs is 1. The Morgan fingerprint density at radius 1 is 1.22 bits per heavy atom. The van der Waals surface area contributed by atoms with Crippen LogP contribution >= 0.6 is 0 Å². The van der Waals surface area contributed by atoms with Gasteiger partial charge >= 0.3 is 5.97 Å². The predicted octanol–water partition coefficient (Wildman–Crippen LogP) is 1.62. The zero-order valence-electron chi connectivity index (χ0n) is 13.0. The molecular weight excluding hydrogens is 296 g/mol. The molecule has 0 saturated heterocycles. The molecule has 7 heteroatoms. The van der Waals surface area contributed by atoms with Gasteiger partial charge in [-0.05, 0) is 25.0 Å². The second-order valence-electron chi connectivity index (χ2n) is 5.96. The lowest BCUT2D eigenvalue weighted by Crippen LogP contribution is -2.50. The van der Waals surface area contributed by atoms with Gasteiger partial charge < -0.3 is 10.4 Å². The van der Waals surface area contributed by atoms with Crippen molar-refractivity contribution in [3.05, 3.63) is 35.7 Å². The van der Waals surface area contributed by atoms with Crippen LogP contribution in [0.15, 0.2) is 29.3 Å². The lowest BCUT2D eigenvalue weighted by Gasteiger charge is -2.27. The Bertz CT molecular complexity index is 860. The largest absolute Gasteiger partial charge is 0.476 e. The maximum atomic E-state index is 12.2. The minimum atomic E-state index is -1.21. The van der Waals surface area contributed by atoms with Gasteiger partial charge in [-0.15, -0.1) is 0 Å².